The minimum Gasteiger partial charge on any atom is -0.399 e. The molecule has 2 aromatic carbocycles. The number of hydrogen-bond donors (Lipinski definition) is 1. The van der Waals surface area contributed by atoms with Crippen LogP contribution in [0.3, 0.4) is 0 Å². The fourth-order valence-electron chi connectivity index (χ4n) is 1.72. The molecule has 0 amide bonds. The topological polar surface area (TPSA) is 29.3 Å². The van der Waals surface area contributed by atoms with E-state index in [2.05, 4.69) is 4.90 Å². The number of benzene rings is 2. The first-order chi connectivity index (χ1) is 8.15. The number of nitrogens with two attached hydrogens (primary N) is 1. The molecule has 17 heavy (non-hydrogen) atoms. The second kappa shape index (κ2) is 5.11. The van der Waals surface area contributed by atoms with Crippen LogP contribution in [-0.2, 0) is 6.54 Å². The molecule has 0 aromatic heterocycles. The maximum Gasteiger partial charge on any atom is 0.0426 e. The van der Waals surface area contributed by atoms with Gasteiger partial charge in [-0.15, -0.1) is 0 Å². The van der Waals surface area contributed by atoms with Crippen molar-refractivity contribution in [2.24, 2.45) is 0 Å². The summed E-state index contributed by atoms with van der Waals surface area (Å²) in [6.45, 7) is 0.834. The Balaban J connectivity index is 2.11. The molecule has 0 aliphatic rings. The normalized spacial score (nSPS) is 10.2. The lowest BCUT2D eigenvalue weighted by molar-refractivity contribution is 0.923. The van der Waals surface area contributed by atoms with Crippen molar-refractivity contribution in [3.63, 3.8) is 0 Å². The van der Waals surface area contributed by atoms with Crippen molar-refractivity contribution in [2.75, 3.05) is 17.7 Å². The number of halogens is 1. The van der Waals surface area contributed by atoms with Gasteiger partial charge >= 0.3 is 0 Å². The SMILES string of the molecule is CN(Cc1ccc(Cl)cc1)c1cccc(N)c1. The molecule has 0 bridgehead atoms. The van der Waals surface area contributed by atoms with Crippen LogP contribution in [0.25, 0.3) is 0 Å². The predicted octanol–water partition coefficient (Wildman–Crippen LogP) is 3.56. The van der Waals surface area contributed by atoms with Crippen LogP contribution in [0.5, 0.6) is 0 Å². The van der Waals surface area contributed by atoms with Crippen molar-refractivity contribution in [1.29, 1.82) is 0 Å². The Morgan fingerprint density at radius 2 is 1.82 bits per heavy atom. The van der Waals surface area contributed by atoms with E-state index in [0.717, 1.165) is 22.9 Å². The van der Waals surface area contributed by atoms with Gasteiger partial charge in [0.05, 0.1) is 0 Å². The molecule has 2 N–H and O–H groups in total. The van der Waals surface area contributed by atoms with E-state index in [9.17, 15) is 0 Å². The standard InChI is InChI=1S/C14H15ClN2/c1-17(14-4-2-3-13(16)9-14)10-11-5-7-12(15)8-6-11/h2-9H,10,16H2,1H3. The summed E-state index contributed by atoms with van der Waals surface area (Å²) in [5, 5.41) is 0.764. The lowest BCUT2D eigenvalue weighted by Crippen LogP contribution is -2.16. The maximum absolute atomic E-state index is 5.86. The van der Waals surface area contributed by atoms with Crippen LogP contribution < -0.4 is 10.6 Å². The van der Waals surface area contributed by atoms with E-state index in [0.29, 0.717) is 0 Å². The molecule has 0 aliphatic carbocycles. The van der Waals surface area contributed by atoms with Crippen LogP contribution in [0.1, 0.15) is 5.56 Å². The van der Waals surface area contributed by atoms with Gasteiger partial charge in [-0.1, -0.05) is 29.8 Å². The minimum atomic E-state index is 0.764. The van der Waals surface area contributed by atoms with Crippen LogP contribution in [0.15, 0.2) is 48.5 Å². The van der Waals surface area contributed by atoms with Crippen LogP contribution in [0.4, 0.5) is 11.4 Å². The van der Waals surface area contributed by atoms with Crippen molar-refractivity contribution in [2.45, 2.75) is 6.54 Å². The van der Waals surface area contributed by atoms with Gasteiger partial charge < -0.3 is 10.6 Å². The van der Waals surface area contributed by atoms with Crippen LogP contribution in [0.2, 0.25) is 5.02 Å². The largest absolute Gasteiger partial charge is 0.399 e. The molecular formula is C14H15ClN2. The van der Waals surface area contributed by atoms with Crippen molar-refractivity contribution in [3.05, 3.63) is 59.1 Å². The van der Waals surface area contributed by atoms with E-state index in [1.807, 2.05) is 55.6 Å². The number of nitrogen functional groups attached to an aromatic ring is 1. The van der Waals surface area contributed by atoms with E-state index < -0.39 is 0 Å². The zero-order chi connectivity index (χ0) is 12.3. The fraction of sp³-hybridized carbons (Fsp3) is 0.143. The van der Waals surface area contributed by atoms with Gasteiger partial charge in [-0.2, -0.15) is 0 Å². The number of anilines is 2. The maximum atomic E-state index is 5.86. The summed E-state index contributed by atoms with van der Waals surface area (Å²) in [6, 6.07) is 15.7. The lowest BCUT2D eigenvalue weighted by atomic mass is 10.2. The quantitative estimate of drug-likeness (QED) is 0.840. The van der Waals surface area contributed by atoms with Crippen LogP contribution in [0, 0.1) is 0 Å². The first kappa shape index (κ1) is 11.8. The second-order valence-corrected chi connectivity index (χ2v) is 4.51. The van der Waals surface area contributed by atoms with Gasteiger partial charge in [-0.05, 0) is 35.9 Å². The number of nitrogens with zero attached hydrogens (tertiary/aromatic N) is 1. The first-order valence-corrected chi connectivity index (χ1v) is 5.84. The molecular weight excluding hydrogens is 232 g/mol. The molecule has 0 radical (unpaired) electrons. The molecule has 0 atom stereocenters. The number of hydrogen-bond acceptors (Lipinski definition) is 2. The highest BCUT2D eigenvalue weighted by atomic mass is 35.5. The van der Waals surface area contributed by atoms with E-state index in [4.69, 9.17) is 17.3 Å². The first-order valence-electron chi connectivity index (χ1n) is 5.46. The third kappa shape index (κ3) is 3.14. The van der Waals surface area contributed by atoms with Gasteiger partial charge in [0.15, 0.2) is 0 Å². The summed E-state index contributed by atoms with van der Waals surface area (Å²) in [4.78, 5) is 2.15. The zero-order valence-electron chi connectivity index (χ0n) is 9.73. The molecule has 88 valence electrons. The van der Waals surface area contributed by atoms with Gasteiger partial charge in [-0.3, -0.25) is 0 Å². The molecule has 0 aliphatic heterocycles. The van der Waals surface area contributed by atoms with E-state index in [1.54, 1.807) is 0 Å². The van der Waals surface area contributed by atoms with E-state index in [-0.39, 0.29) is 0 Å². The fourth-order valence-corrected chi connectivity index (χ4v) is 1.84. The lowest BCUT2D eigenvalue weighted by Gasteiger charge is -2.19. The molecule has 0 saturated heterocycles. The van der Waals surface area contributed by atoms with Gasteiger partial charge in [0, 0.05) is 30.0 Å². The van der Waals surface area contributed by atoms with Crippen molar-refractivity contribution in [1.82, 2.24) is 0 Å². The Morgan fingerprint density at radius 3 is 2.47 bits per heavy atom. The van der Waals surface area contributed by atoms with Crippen molar-refractivity contribution >= 4 is 23.0 Å². The predicted molar refractivity (Wildman–Crippen MR) is 74.4 cm³/mol. The Bertz CT molecular complexity index is 494. The van der Waals surface area contributed by atoms with E-state index in [1.165, 1.54) is 5.56 Å². The molecule has 0 fully saturated rings. The molecule has 2 nitrogen and oxygen atoms in total. The summed E-state index contributed by atoms with van der Waals surface area (Å²) in [7, 11) is 2.05. The van der Waals surface area contributed by atoms with Crippen LogP contribution >= 0.6 is 11.6 Å². The average molecular weight is 247 g/mol. The summed E-state index contributed by atoms with van der Waals surface area (Å²) in [5.74, 6) is 0. The molecule has 2 rings (SSSR count). The summed E-state index contributed by atoms with van der Waals surface area (Å²) >= 11 is 5.86. The molecule has 3 heteroatoms. The van der Waals surface area contributed by atoms with Crippen LogP contribution in [-0.4, -0.2) is 7.05 Å². The van der Waals surface area contributed by atoms with Gasteiger partial charge in [0.25, 0.3) is 0 Å². The summed E-state index contributed by atoms with van der Waals surface area (Å²) in [6.07, 6.45) is 0. The highest BCUT2D eigenvalue weighted by Crippen LogP contribution is 2.19. The minimum absolute atomic E-state index is 0.764. The number of rotatable bonds is 3. The third-order valence-electron chi connectivity index (χ3n) is 2.64. The van der Waals surface area contributed by atoms with Gasteiger partial charge in [-0.25, -0.2) is 0 Å². The molecule has 0 spiro atoms. The molecule has 2 aromatic rings. The Hall–Kier alpha value is -1.67. The monoisotopic (exact) mass is 246 g/mol. The average Bonchev–Trinajstić information content (AvgIpc) is 2.32. The highest BCUT2D eigenvalue weighted by molar-refractivity contribution is 6.30. The third-order valence-corrected chi connectivity index (χ3v) is 2.90. The van der Waals surface area contributed by atoms with Gasteiger partial charge in [0.2, 0.25) is 0 Å². The summed E-state index contributed by atoms with van der Waals surface area (Å²) < 4.78 is 0. The zero-order valence-corrected chi connectivity index (χ0v) is 10.5. The second-order valence-electron chi connectivity index (χ2n) is 4.08. The Labute approximate surface area is 107 Å². The Morgan fingerprint density at radius 1 is 1.12 bits per heavy atom. The van der Waals surface area contributed by atoms with Gasteiger partial charge in [0.1, 0.15) is 0 Å². The van der Waals surface area contributed by atoms with Crippen molar-refractivity contribution in [3.8, 4) is 0 Å². The highest BCUT2D eigenvalue weighted by Gasteiger charge is 2.02. The Kier molecular flexibility index (Phi) is 3.55. The summed E-state index contributed by atoms with van der Waals surface area (Å²) in [5.41, 5.74) is 8.88. The van der Waals surface area contributed by atoms with Crippen molar-refractivity contribution < 1.29 is 0 Å². The molecule has 0 saturated carbocycles. The van der Waals surface area contributed by atoms with E-state index >= 15 is 0 Å². The molecule has 0 unspecified atom stereocenters. The smallest absolute Gasteiger partial charge is 0.0426 e. The molecule has 0 heterocycles.